The highest BCUT2D eigenvalue weighted by molar-refractivity contribution is 5.69. The molecule has 7 nitrogen and oxygen atoms in total. The van der Waals surface area contributed by atoms with Gasteiger partial charge in [0, 0.05) is 17.5 Å². The first-order valence-corrected chi connectivity index (χ1v) is 6.27. The fourth-order valence-electron chi connectivity index (χ4n) is 2.00. The topological polar surface area (TPSA) is 87.5 Å². The van der Waals surface area contributed by atoms with Gasteiger partial charge in [-0.2, -0.15) is 0 Å². The second kappa shape index (κ2) is 6.40. The molecule has 0 radical (unpaired) electrons. The van der Waals surface area contributed by atoms with E-state index in [9.17, 15) is 18.0 Å². The summed E-state index contributed by atoms with van der Waals surface area (Å²) in [6, 6.07) is -0.678. The Morgan fingerprint density at radius 3 is 2.52 bits per heavy atom. The summed E-state index contributed by atoms with van der Waals surface area (Å²) in [7, 11) is 0. The van der Waals surface area contributed by atoms with Crippen molar-refractivity contribution in [3.63, 3.8) is 0 Å². The summed E-state index contributed by atoms with van der Waals surface area (Å²) in [5, 5.41) is 3.31. The van der Waals surface area contributed by atoms with E-state index < -0.39 is 30.2 Å². The van der Waals surface area contributed by atoms with Gasteiger partial charge >= 0.3 is 12.5 Å². The molecule has 2 atom stereocenters. The standard InChI is InChI=1S/C11H17F3N4O3/c1-10(2,3)21-9(19)18-6-8(20-11(12,13)14)4-7(18)5-16-17-15/h7-8H,4-6H2,1-3H3/t7-,8+/m0/s1. The van der Waals surface area contributed by atoms with Gasteiger partial charge in [0.25, 0.3) is 0 Å². The summed E-state index contributed by atoms with van der Waals surface area (Å²) >= 11 is 0. The molecular formula is C11H17F3N4O3. The molecule has 0 aliphatic carbocycles. The highest BCUT2D eigenvalue weighted by Crippen LogP contribution is 2.28. The van der Waals surface area contributed by atoms with Crippen molar-refractivity contribution in [2.75, 3.05) is 13.1 Å². The van der Waals surface area contributed by atoms with Crippen molar-refractivity contribution in [3.8, 4) is 0 Å². The van der Waals surface area contributed by atoms with E-state index in [1.807, 2.05) is 0 Å². The van der Waals surface area contributed by atoms with Crippen molar-refractivity contribution in [2.45, 2.75) is 51.3 Å². The number of ether oxygens (including phenoxy) is 2. The molecule has 0 spiro atoms. The van der Waals surface area contributed by atoms with Gasteiger partial charge in [0.05, 0.1) is 12.6 Å². The molecule has 1 amide bonds. The number of nitrogens with zero attached hydrogens (tertiary/aromatic N) is 4. The van der Waals surface area contributed by atoms with Crippen molar-refractivity contribution in [3.05, 3.63) is 10.4 Å². The molecule has 1 saturated heterocycles. The highest BCUT2D eigenvalue weighted by Gasteiger charge is 2.43. The third kappa shape index (κ3) is 6.09. The van der Waals surface area contributed by atoms with Gasteiger partial charge in [0.15, 0.2) is 0 Å². The van der Waals surface area contributed by atoms with Gasteiger partial charge in [-0.15, -0.1) is 13.2 Å². The van der Waals surface area contributed by atoms with Crippen LogP contribution in [0.5, 0.6) is 0 Å². The van der Waals surface area contributed by atoms with Gasteiger partial charge < -0.3 is 9.64 Å². The van der Waals surface area contributed by atoms with Crippen LogP contribution in [0.4, 0.5) is 18.0 Å². The number of azide groups is 1. The maximum absolute atomic E-state index is 12.2. The molecule has 1 aliphatic heterocycles. The summed E-state index contributed by atoms with van der Waals surface area (Å²) in [5.41, 5.74) is 7.53. The van der Waals surface area contributed by atoms with Crippen LogP contribution in [0.15, 0.2) is 5.11 Å². The van der Waals surface area contributed by atoms with E-state index in [2.05, 4.69) is 14.8 Å². The van der Waals surface area contributed by atoms with Crippen LogP contribution in [0.25, 0.3) is 10.4 Å². The number of carbonyl (C=O) groups excluding carboxylic acids is 1. The number of amides is 1. The highest BCUT2D eigenvalue weighted by atomic mass is 19.4. The minimum atomic E-state index is -4.78. The molecule has 0 N–H and O–H groups in total. The van der Waals surface area contributed by atoms with Crippen LogP contribution >= 0.6 is 0 Å². The van der Waals surface area contributed by atoms with Gasteiger partial charge in [0.2, 0.25) is 0 Å². The number of likely N-dealkylation sites (tertiary alicyclic amines) is 1. The van der Waals surface area contributed by atoms with Gasteiger partial charge in [-0.1, -0.05) is 5.11 Å². The van der Waals surface area contributed by atoms with Crippen molar-refractivity contribution in [2.24, 2.45) is 5.11 Å². The van der Waals surface area contributed by atoms with Crippen LogP contribution in [0.3, 0.4) is 0 Å². The molecule has 0 bridgehead atoms. The SMILES string of the molecule is CC(C)(C)OC(=O)N1C[C@H](OC(F)(F)F)C[C@H]1CN=[N+]=[N-]. The Hall–Kier alpha value is -1.67. The zero-order valence-corrected chi connectivity index (χ0v) is 11.9. The molecule has 0 unspecified atom stereocenters. The first kappa shape index (κ1) is 17.4. The van der Waals surface area contributed by atoms with E-state index in [-0.39, 0.29) is 19.5 Å². The van der Waals surface area contributed by atoms with Crippen molar-refractivity contribution >= 4 is 6.09 Å². The second-order valence-electron chi connectivity index (χ2n) is 5.62. The number of hydrogen-bond donors (Lipinski definition) is 0. The zero-order chi connectivity index (χ0) is 16.3. The maximum Gasteiger partial charge on any atom is 0.522 e. The molecule has 1 fully saturated rings. The van der Waals surface area contributed by atoms with Crippen molar-refractivity contribution < 1.29 is 27.4 Å². The molecule has 0 aromatic heterocycles. The van der Waals surface area contributed by atoms with Crippen molar-refractivity contribution in [1.82, 2.24) is 4.90 Å². The number of carbonyl (C=O) groups is 1. The van der Waals surface area contributed by atoms with Crippen LogP contribution < -0.4 is 0 Å². The van der Waals surface area contributed by atoms with E-state index in [0.717, 1.165) is 4.90 Å². The lowest BCUT2D eigenvalue weighted by atomic mass is 10.2. The largest absolute Gasteiger partial charge is 0.522 e. The fourth-order valence-corrected chi connectivity index (χ4v) is 2.00. The number of halogens is 3. The quantitative estimate of drug-likeness (QED) is 0.455. The summed E-state index contributed by atoms with van der Waals surface area (Å²) in [4.78, 5) is 15.6. The monoisotopic (exact) mass is 310 g/mol. The predicted molar refractivity (Wildman–Crippen MR) is 66.3 cm³/mol. The summed E-state index contributed by atoms with van der Waals surface area (Å²) < 4.78 is 45.8. The van der Waals surface area contributed by atoms with Crippen LogP contribution in [-0.4, -0.2) is 48.2 Å². The lowest BCUT2D eigenvalue weighted by Gasteiger charge is -2.27. The number of alkyl halides is 3. The Bertz CT molecular complexity index is 429. The third-order valence-corrected chi connectivity index (χ3v) is 2.66. The molecule has 0 saturated carbocycles. The van der Waals surface area contributed by atoms with Crippen LogP contribution in [0, 0.1) is 0 Å². The average molecular weight is 310 g/mol. The molecule has 1 aliphatic rings. The average Bonchev–Trinajstić information content (AvgIpc) is 2.64. The molecule has 10 heteroatoms. The minimum absolute atomic E-state index is 0.0717. The van der Waals surface area contributed by atoms with E-state index in [0.29, 0.717) is 0 Å². The number of hydrogen-bond acceptors (Lipinski definition) is 4. The molecule has 120 valence electrons. The lowest BCUT2D eigenvalue weighted by molar-refractivity contribution is -0.340. The first-order chi connectivity index (χ1) is 9.52. The molecule has 0 aromatic rings. The fraction of sp³-hybridized carbons (Fsp3) is 0.909. The lowest BCUT2D eigenvalue weighted by Crippen LogP contribution is -2.41. The van der Waals surface area contributed by atoms with E-state index in [1.165, 1.54) is 0 Å². The first-order valence-electron chi connectivity index (χ1n) is 6.27. The van der Waals surface area contributed by atoms with Gasteiger partial charge in [0.1, 0.15) is 5.60 Å². The molecule has 21 heavy (non-hydrogen) atoms. The molecular weight excluding hydrogens is 293 g/mol. The molecule has 1 heterocycles. The summed E-state index contributed by atoms with van der Waals surface area (Å²) in [6.45, 7) is 4.54. The Balaban J connectivity index is 2.77. The molecule has 1 rings (SSSR count). The number of rotatable bonds is 3. The Labute approximate surface area is 119 Å². The van der Waals surface area contributed by atoms with E-state index in [4.69, 9.17) is 10.3 Å². The van der Waals surface area contributed by atoms with Crippen molar-refractivity contribution in [1.29, 1.82) is 0 Å². The van der Waals surface area contributed by atoms with Crippen LogP contribution in [-0.2, 0) is 9.47 Å². The second-order valence-corrected chi connectivity index (χ2v) is 5.62. The van der Waals surface area contributed by atoms with Gasteiger partial charge in [-0.3, -0.25) is 4.74 Å². The summed E-state index contributed by atoms with van der Waals surface area (Å²) in [5.74, 6) is 0. The Morgan fingerprint density at radius 2 is 2.05 bits per heavy atom. The van der Waals surface area contributed by atoms with Crippen LogP contribution in [0.1, 0.15) is 27.2 Å². The third-order valence-electron chi connectivity index (χ3n) is 2.66. The Morgan fingerprint density at radius 1 is 1.43 bits per heavy atom. The Kier molecular flexibility index (Phi) is 5.30. The van der Waals surface area contributed by atoms with Gasteiger partial charge in [-0.25, -0.2) is 4.79 Å². The maximum atomic E-state index is 12.2. The summed E-state index contributed by atoms with van der Waals surface area (Å²) in [6.07, 6.45) is -6.81. The van der Waals surface area contributed by atoms with Gasteiger partial charge in [-0.05, 0) is 32.7 Å². The predicted octanol–water partition coefficient (Wildman–Crippen LogP) is 3.21. The van der Waals surface area contributed by atoms with E-state index >= 15 is 0 Å². The van der Waals surface area contributed by atoms with Crippen LogP contribution in [0.2, 0.25) is 0 Å². The normalized spacial score (nSPS) is 22.9. The minimum Gasteiger partial charge on any atom is -0.444 e. The smallest absolute Gasteiger partial charge is 0.444 e. The molecule has 0 aromatic carbocycles. The van der Waals surface area contributed by atoms with E-state index in [1.54, 1.807) is 20.8 Å². The zero-order valence-electron chi connectivity index (χ0n) is 11.9.